The molecule has 7 heteroatoms. The van der Waals surface area contributed by atoms with E-state index in [-0.39, 0.29) is 23.4 Å². The summed E-state index contributed by atoms with van der Waals surface area (Å²) in [5.41, 5.74) is 5.04. The van der Waals surface area contributed by atoms with Crippen molar-refractivity contribution in [1.29, 1.82) is 0 Å². The van der Waals surface area contributed by atoms with Gasteiger partial charge in [0.15, 0.2) is 17.3 Å². The maximum absolute atomic E-state index is 13.5. The van der Waals surface area contributed by atoms with Crippen LogP contribution >= 0.6 is 11.6 Å². The molecule has 2 aromatic carbocycles. The van der Waals surface area contributed by atoms with Crippen LogP contribution < -0.4 is 10.1 Å². The molecule has 0 fully saturated rings. The summed E-state index contributed by atoms with van der Waals surface area (Å²) < 4.78 is 10.9. The average molecular weight is 437 g/mol. The van der Waals surface area contributed by atoms with Crippen molar-refractivity contribution in [2.75, 3.05) is 12.4 Å². The lowest BCUT2D eigenvalue weighted by atomic mass is 9.72. The predicted octanol–water partition coefficient (Wildman–Crippen LogP) is 5.31. The zero-order chi connectivity index (χ0) is 21.7. The molecular weight excluding hydrogens is 416 g/mol. The van der Waals surface area contributed by atoms with E-state index in [1.807, 2.05) is 37.3 Å². The van der Waals surface area contributed by atoms with Crippen molar-refractivity contribution in [2.45, 2.75) is 31.6 Å². The summed E-state index contributed by atoms with van der Waals surface area (Å²) >= 11 is 6.04. The molecular formula is C24H21ClN2O4. The number of ether oxygens (including phenoxy) is 1. The topological polar surface area (TPSA) is 84.6 Å². The number of aryl methyl sites for hydroxylation is 1. The van der Waals surface area contributed by atoms with Crippen LogP contribution in [0.15, 0.2) is 58.3 Å². The number of anilines is 1. The summed E-state index contributed by atoms with van der Waals surface area (Å²) in [4.78, 5) is 13.5. The molecule has 3 aromatic rings. The van der Waals surface area contributed by atoms with Gasteiger partial charge in [0, 0.05) is 28.6 Å². The zero-order valence-electron chi connectivity index (χ0n) is 17.1. The monoisotopic (exact) mass is 436 g/mol. The fraction of sp³-hybridized carbons (Fsp3) is 0.250. The van der Waals surface area contributed by atoms with E-state index in [9.17, 15) is 9.90 Å². The molecule has 2 aliphatic rings. The van der Waals surface area contributed by atoms with Crippen molar-refractivity contribution < 1.29 is 19.2 Å². The Bertz CT molecular complexity index is 1210. The second kappa shape index (κ2) is 7.46. The van der Waals surface area contributed by atoms with E-state index in [0.717, 1.165) is 33.7 Å². The molecule has 2 heterocycles. The highest BCUT2D eigenvalue weighted by atomic mass is 35.5. The van der Waals surface area contributed by atoms with Crippen LogP contribution in [0.5, 0.6) is 11.5 Å². The van der Waals surface area contributed by atoms with Crippen LogP contribution in [-0.2, 0) is 4.79 Å². The maximum atomic E-state index is 13.5. The number of nitrogens with zero attached hydrogens (tertiary/aromatic N) is 1. The first-order chi connectivity index (χ1) is 15.0. The number of rotatable bonds is 3. The lowest BCUT2D eigenvalue weighted by Crippen LogP contribution is -2.29. The second-order valence-corrected chi connectivity index (χ2v) is 8.41. The SMILES string of the molecule is COc1cc([C@@H]2C3=C(C[C@H](c4ccc(Cl)cc4)CC3=O)Nc3onc(C)c32)ccc1O. The standard InChI is InChI=1S/C24H21ClN2O4/c1-12-21-22(14-5-8-18(28)20(11-14)30-2)23-17(26-24(21)31-27-12)9-15(10-19(23)29)13-3-6-16(25)7-4-13/h3-8,11,15,22,26,28H,9-10H2,1-2H3/t15-,22-/m0/s1. The first-order valence-electron chi connectivity index (χ1n) is 10.1. The normalized spacial score (nSPS) is 20.2. The van der Waals surface area contributed by atoms with Gasteiger partial charge in [-0.15, -0.1) is 0 Å². The number of carbonyl (C=O) groups is 1. The fourth-order valence-corrected chi connectivity index (χ4v) is 4.78. The Labute approximate surface area is 184 Å². The van der Waals surface area contributed by atoms with Crippen LogP contribution in [0.1, 0.15) is 47.1 Å². The lowest BCUT2D eigenvalue weighted by molar-refractivity contribution is -0.116. The molecule has 5 rings (SSSR count). The summed E-state index contributed by atoms with van der Waals surface area (Å²) in [5, 5.41) is 18.2. The molecule has 0 spiro atoms. The van der Waals surface area contributed by atoms with Crippen LogP contribution in [-0.4, -0.2) is 23.2 Å². The first kappa shape index (κ1) is 19.7. The van der Waals surface area contributed by atoms with Crippen molar-refractivity contribution in [3.8, 4) is 11.5 Å². The van der Waals surface area contributed by atoms with Crippen LogP contribution in [0, 0.1) is 6.92 Å². The second-order valence-electron chi connectivity index (χ2n) is 7.97. The van der Waals surface area contributed by atoms with Gasteiger partial charge in [-0.3, -0.25) is 4.79 Å². The Balaban J connectivity index is 1.62. The first-order valence-corrected chi connectivity index (χ1v) is 10.5. The van der Waals surface area contributed by atoms with Gasteiger partial charge < -0.3 is 19.7 Å². The van der Waals surface area contributed by atoms with Gasteiger partial charge in [0.05, 0.1) is 18.4 Å². The molecule has 0 radical (unpaired) electrons. The molecule has 2 atom stereocenters. The number of phenolic OH excluding ortho intramolecular Hbond substituents is 1. The number of Topliss-reactive ketones (excluding diaryl/α,β-unsaturated/α-hetero) is 1. The molecule has 1 aromatic heterocycles. The molecule has 0 unspecified atom stereocenters. The number of nitrogens with one attached hydrogen (secondary N) is 1. The van der Waals surface area contributed by atoms with E-state index in [2.05, 4.69) is 10.5 Å². The van der Waals surface area contributed by atoms with Crippen molar-refractivity contribution in [3.05, 3.63) is 81.1 Å². The van der Waals surface area contributed by atoms with E-state index in [1.54, 1.807) is 12.1 Å². The molecule has 1 aliphatic carbocycles. The number of carbonyl (C=O) groups excluding carboxylic acids is 1. The summed E-state index contributed by atoms with van der Waals surface area (Å²) in [5.74, 6) is 0.752. The van der Waals surface area contributed by atoms with Gasteiger partial charge in [0.1, 0.15) is 0 Å². The molecule has 0 amide bonds. The third-order valence-corrected chi connectivity index (χ3v) is 6.39. The number of fused-ring (bicyclic) bond motifs is 1. The van der Waals surface area contributed by atoms with Crippen LogP contribution in [0.4, 0.5) is 5.88 Å². The number of methoxy groups -OCH3 is 1. The molecule has 2 N–H and O–H groups in total. The minimum absolute atomic E-state index is 0.0504. The predicted molar refractivity (Wildman–Crippen MR) is 117 cm³/mol. The van der Waals surface area contributed by atoms with Crippen molar-refractivity contribution in [3.63, 3.8) is 0 Å². The van der Waals surface area contributed by atoms with E-state index in [1.165, 1.54) is 7.11 Å². The minimum Gasteiger partial charge on any atom is -0.504 e. The molecule has 0 saturated heterocycles. The van der Waals surface area contributed by atoms with Gasteiger partial charge in [-0.05, 0) is 54.7 Å². The van der Waals surface area contributed by atoms with E-state index in [0.29, 0.717) is 29.5 Å². The Morgan fingerprint density at radius 3 is 2.65 bits per heavy atom. The molecule has 1 aliphatic heterocycles. The number of aromatic hydroxyl groups is 1. The molecule has 158 valence electrons. The number of ketones is 1. The number of hydrogen-bond acceptors (Lipinski definition) is 6. The Kier molecular flexibility index (Phi) is 4.74. The maximum Gasteiger partial charge on any atom is 0.233 e. The summed E-state index contributed by atoms with van der Waals surface area (Å²) in [6, 6.07) is 12.8. The van der Waals surface area contributed by atoms with Crippen LogP contribution in [0.3, 0.4) is 0 Å². The highest BCUT2D eigenvalue weighted by Gasteiger charge is 2.41. The molecule has 0 saturated carbocycles. The molecule has 31 heavy (non-hydrogen) atoms. The van der Waals surface area contributed by atoms with E-state index in [4.69, 9.17) is 20.9 Å². The van der Waals surface area contributed by atoms with Gasteiger partial charge in [-0.25, -0.2) is 0 Å². The average Bonchev–Trinajstić information content (AvgIpc) is 3.13. The highest BCUT2D eigenvalue weighted by molar-refractivity contribution is 6.30. The molecule has 6 nitrogen and oxygen atoms in total. The number of aromatic nitrogens is 1. The van der Waals surface area contributed by atoms with Crippen molar-refractivity contribution >= 4 is 23.3 Å². The van der Waals surface area contributed by atoms with Gasteiger partial charge in [0.2, 0.25) is 5.88 Å². The summed E-state index contributed by atoms with van der Waals surface area (Å²) in [6.07, 6.45) is 1.08. The van der Waals surface area contributed by atoms with Gasteiger partial charge in [-0.1, -0.05) is 35.0 Å². The van der Waals surface area contributed by atoms with Crippen molar-refractivity contribution in [1.82, 2.24) is 5.16 Å². The smallest absolute Gasteiger partial charge is 0.233 e. The van der Waals surface area contributed by atoms with Gasteiger partial charge in [0.25, 0.3) is 0 Å². The van der Waals surface area contributed by atoms with Crippen LogP contribution in [0.25, 0.3) is 0 Å². The Morgan fingerprint density at radius 1 is 1.16 bits per heavy atom. The zero-order valence-corrected chi connectivity index (χ0v) is 17.9. The van der Waals surface area contributed by atoms with E-state index < -0.39 is 0 Å². The summed E-state index contributed by atoms with van der Waals surface area (Å²) in [7, 11) is 1.50. The minimum atomic E-state index is -0.342. The molecule has 0 bridgehead atoms. The highest BCUT2D eigenvalue weighted by Crippen LogP contribution is 2.49. The number of hydrogen-bond donors (Lipinski definition) is 2. The lowest BCUT2D eigenvalue weighted by Gasteiger charge is -2.34. The van der Waals surface area contributed by atoms with Gasteiger partial charge >= 0.3 is 0 Å². The Morgan fingerprint density at radius 2 is 1.90 bits per heavy atom. The number of benzene rings is 2. The van der Waals surface area contributed by atoms with E-state index >= 15 is 0 Å². The number of allylic oxidation sites excluding steroid dienone is 2. The number of phenols is 1. The number of halogens is 1. The third-order valence-electron chi connectivity index (χ3n) is 6.14. The largest absolute Gasteiger partial charge is 0.504 e. The van der Waals surface area contributed by atoms with Crippen molar-refractivity contribution in [2.24, 2.45) is 0 Å². The quantitative estimate of drug-likeness (QED) is 0.578. The fourth-order valence-electron chi connectivity index (χ4n) is 4.65. The Hall–Kier alpha value is -3.25. The summed E-state index contributed by atoms with van der Waals surface area (Å²) in [6.45, 7) is 1.87. The third kappa shape index (κ3) is 3.27. The van der Waals surface area contributed by atoms with Gasteiger partial charge in [-0.2, -0.15) is 0 Å². The van der Waals surface area contributed by atoms with Crippen LogP contribution in [0.2, 0.25) is 5.02 Å².